The van der Waals surface area contributed by atoms with E-state index in [-0.39, 0.29) is 17.2 Å². The summed E-state index contributed by atoms with van der Waals surface area (Å²) in [5.74, 6) is 0.743. The number of nitrogens with zero attached hydrogens (tertiary/aromatic N) is 2. The van der Waals surface area contributed by atoms with Gasteiger partial charge in [-0.2, -0.15) is 0 Å². The van der Waals surface area contributed by atoms with Crippen LogP contribution in [0.2, 0.25) is 0 Å². The summed E-state index contributed by atoms with van der Waals surface area (Å²) in [5.41, 5.74) is 3.45. The zero-order valence-electron chi connectivity index (χ0n) is 18.1. The molecule has 4 rings (SSSR count). The van der Waals surface area contributed by atoms with Crippen molar-refractivity contribution in [2.45, 2.75) is 25.5 Å². The van der Waals surface area contributed by atoms with Gasteiger partial charge in [-0.1, -0.05) is 42.5 Å². The summed E-state index contributed by atoms with van der Waals surface area (Å²) in [7, 11) is 0. The number of likely N-dealkylation sites (tertiary alicyclic amines) is 1. The summed E-state index contributed by atoms with van der Waals surface area (Å²) in [6.45, 7) is 3.62. The predicted molar refractivity (Wildman–Crippen MR) is 124 cm³/mol. The van der Waals surface area contributed by atoms with Crippen molar-refractivity contribution < 1.29 is 19.2 Å². The van der Waals surface area contributed by atoms with Crippen molar-refractivity contribution >= 4 is 5.69 Å². The number of ether oxygens (including phenoxy) is 1. The number of nitro groups is 1. The Labute approximate surface area is 188 Å². The smallest absolute Gasteiger partial charge is 0.269 e. The Hall–Kier alpha value is -3.22. The molecular formula is C26H29N2O4+. The minimum atomic E-state index is -0.583. The predicted octanol–water partition coefficient (Wildman–Crippen LogP) is 4.81. The van der Waals surface area contributed by atoms with E-state index in [1.54, 1.807) is 12.1 Å². The average molecular weight is 434 g/mol. The molecule has 166 valence electrons. The molecular weight excluding hydrogens is 404 g/mol. The van der Waals surface area contributed by atoms with E-state index < -0.39 is 6.10 Å². The van der Waals surface area contributed by atoms with Crippen LogP contribution in [-0.4, -0.2) is 46.9 Å². The highest BCUT2D eigenvalue weighted by Gasteiger charge is 2.34. The quantitative estimate of drug-likeness (QED) is 0.299. The van der Waals surface area contributed by atoms with E-state index >= 15 is 0 Å². The molecule has 1 aliphatic heterocycles. The molecule has 3 aromatic rings. The fraction of sp³-hybridized carbons (Fsp3) is 0.308. The van der Waals surface area contributed by atoms with Crippen molar-refractivity contribution in [2.24, 2.45) is 0 Å². The van der Waals surface area contributed by atoms with Gasteiger partial charge in [0.1, 0.15) is 31.5 Å². The first-order valence-corrected chi connectivity index (χ1v) is 11.1. The zero-order valence-corrected chi connectivity index (χ0v) is 18.1. The number of rotatable bonds is 9. The molecule has 0 unspecified atom stereocenters. The van der Waals surface area contributed by atoms with E-state index in [1.807, 2.05) is 54.6 Å². The maximum absolute atomic E-state index is 10.9. The maximum atomic E-state index is 10.9. The summed E-state index contributed by atoms with van der Waals surface area (Å²) in [6.07, 6.45) is 1.67. The second kappa shape index (κ2) is 9.94. The first kappa shape index (κ1) is 22.0. The lowest BCUT2D eigenvalue weighted by Crippen LogP contribution is -2.50. The van der Waals surface area contributed by atoms with Crippen molar-refractivity contribution in [1.29, 1.82) is 0 Å². The van der Waals surface area contributed by atoms with Crippen LogP contribution in [0.1, 0.15) is 18.4 Å². The highest BCUT2D eigenvalue weighted by atomic mass is 16.6. The molecule has 0 amide bonds. The molecule has 0 radical (unpaired) electrons. The van der Waals surface area contributed by atoms with Crippen LogP contribution in [0.25, 0.3) is 11.1 Å². The van der Waals surface area contributed by atoms with Crippen molar-refractivity contribution in [2.75, 3.05) is 26.2 Å². The second-order valence-corrected chi connectivity index (χ2v) is 8.62. The molecule has 1 heterocycles. The molecule has 0 spiro atoms. The Bertz CT molecular complexity index is 1010. The summed E-state index contributed by atoms with van der Waals surface area (Å²) in [4.78, 5) is 10.5. The van der Waals surface area contributed by atoms with E-state index in [2.05, 4.69) is 12.1 Å². The number of hydrogen-bond donors (Lipinski definition) is 1. The van der Waals surface area contributed by atoms with E-state index in [0.29, 0.717) is 6.54 Å². The maximum Gasteiger partial charge on any atom is 0.269 e. The highest BCUT2D eigenvalue weighted by molar-refractivity contribution is 5.63. The van der Waals surface area contributed by atoms with Gasteiger partial charge < -0.3 is 14.3 Å². The Morgan fingerprint density at radius 2 is 1.53 bits per heavy atom. The van der Waals surface area contributed by atoms with E-state index in [9.17, 15) is 15.2 Å². The van der Waals surface area contributed by atoms with Crippen molar-refractivity contribution in [3.05, 3.63) is 94.5 Å². The minimum Gasteiger partial charge on any atom is -0.491 e. The topological polar surface area (TPSA) is 72.6 Å². The van der Waals surface area contributed by atoms with E-state index in [1.165, 1.54) is 0 Å². The van der Waals surface area contributed by atoms with Gasteiger partial charge >= 0.3 is 0 Å². The van der Waals surface area contributed by atoms with Gasteiger partial charge in [-0.3, -0.25) is 10.1 Å². The fourth-order valence-corrected chi connectivity index (χ4v) is 4.59. The lowest BCUT2D eigenvalue weighted by Gasteiger charge is -2.36. The molecule has 6 heteroatoms. The van der Waals surface area contributed by atoms with Crippen LogP contribution in [0.3, 0.4) is 0 Å². The molecule has 1 aliphatic rings. The number of hydrogen-bond acceptors (Lipinski definition) is 4. The van der Waals surface area contributed by atoms with Gasteiger partial charge in [0, 0.05) is 30.5 Å². The molecule has 1 saturated heterocycles. The van der Waals surface area contributed by atoms with Gasteiger partial charge in [-0.15, -0.1) is 0 Å². The SMILES string of the molecule is O=[N+]([O-])c1ccc(C[N+]2(C[C@H](O)COc3ccc(-c4ccccc4)cc3)CCCC2)cc1. The first-order valence-electron chi connectivity index (χ1n) is 11.1. The standard InChI is InChI=1S/C26H29N2O4/c29-25(20-32-26-14-10-23(11-15-26)22-6-2-1-3-7-22)19-28(16-4-5-17-28)18-21-8-12-24(13-9-21)27(30)31/h1-3,6-15,25,29H,4-5,16-20H2/q+1/t25-/m0/s1. The van der Waals surface area contributed by atoms with Crippen LogP contribution in [0.5, 0.6) is 5.75 Å². The van der Waals surface area contributed by atoms with Crippen LogP contribution >= 0.6 is 0 Å². The molecule has 3 aromatic carbocycles. The van der Waals surface area contributed by atoms with Crippen LogP contribution in [0.15, 0.2) is 78.9 Å². The molecule has 32 heavy (non-hydrogen) atoms. The number of aliphatic hydroxyl groups excluding tert-OH is 1. The van der Waals surface area contributed by atoms with Gasteiger partial charge in [0.15, 0.2) is 0 Å². The summed E-state index contributed by atoms with van der Waals surface area (Å²) < 4.78 is 6.66. The van der Waals surface area contributed by atoms with Gasteiger partial charge in [0.2, 0.25) is 0 Å². The first-order chi connectivity index (χ1) is 15.5. The van der Waals surface area contributed by atoms with E-state index in [4.69, 9.17) is 4.74 Å². The molecule has 0 aliphatic carbocycles. The van der Waals surface area contributed by atoms with Gasteiger partial charge in [-0.25, -0.2) is 0 Å². The number of quaternary nitrogens is 1. The third-order valence-corrected chi connectivity index (χ3v) is 6.18. The third kappa shape index (κ3) is 5.52. The van der Waals surface area contributed by atoms with Crippen LogP contribution in [0.4, 0.5) is 5.69 Å². The van der Waals surface area contributed by atoms with Crippen LogP contribution < -0.4 is 4.74 Å². The summed E-state index contributed by atoms with van der Waals surface area (Å²) in [5, 5.41) is 21.6. The van der Waals surface area contributed by atoms with E-state index in [0.717, 1.165) is 59.4 Å². The van der Waals surface area contributed by atoms with Crippen molar-refractivity contribution in [1.82, 2.24) is 0 Å². The third-order valence-electron chi connectivity index (χ3n) is 6.18. The second-order valence-electron chi connectivity index (χ2n) is 8.62. The Balaban J connectivity index is 1.34. The molecule has 6 nitrogen and oxygen atoms in total. The summed E-state index contributed by atoms with van der Waals surface area (Å²) in [6, 6.07) is 24.9. The largest absolute Gasteiger partial charge is 0.491 e. The number of nitro benzene ring substituents is 1. The Morgan fingerprint density at radius 1 is 0.906 bits per heavy atom. The average Bonchev–Trinajstić information content (AvgIpc) is 3.26. The lowest BCUT2D eigenvalue weighted by atomic mass is 10.1. The molecule has 0 saturated carbocycles. The normalized spacial score (nSPS) is 15.9. The molecule has 0 bridgehead atoms. The molecule has 1 N–H and O–H groups in total. The molecule has 0 aromatic heterocycles. The number of non-ortho nitro benzene ring substituents is 1. The van der Waals surface area contributed by atoms with Crippen molar-refractivity contribution in [3.8, 4) is 16.9 Å². The van der Waals surface area contributed by atoms with Crippen molar-refractivity contribution in [3.63, 3.8) is 0 Å². The fourth-order valence-electron chi connectivity index (χ4n) is 4.59. The number of benzene rings is 3. The lowest BCUT2D eigenvalue weighted by molar-refractivity contribution is -0.932. The summed E-state index contributed by atoms with van der Waals surface area (Å²) >= 11 is 0. The monoisotopic (exact) mass is 433 g/mol. The zero-order chi connectivity index (χ0) is 22.4. The molecule has 1 atom stereocenters. The van der Waals surface area contributed by atoms with Gasteiger partial charge in [0.25, 0.3) is 5.69 Å². The Morgan fingerprint density at radius 3 is 2.16 bits per heavy atom. The van der Waals surface area contributed by atoms with Gasteiger partial charge in [0.05, 0.1) is 18.0 Å². The molecule has 1 fully saturated rings. The van der Waals surface area contributed by atoms with Crippen LogP contribution in [-0.2, 0) is 6.54 Å². The van der Waals surface area contributed by atoms with Crippen LogP contribution in [0, 0.1) is 10.1 Å². The minimum absolute atomic E-state index is 0.105. The Kier molecular flexibility index (Phi) is 6.83. The number of aliphatic hydroxyl groups is 1. The van der Waals surface area contributed by atoms with Gasteiger partial charge in [-0.05, 0) is 35.4 Å². The highest BCUT2D eigenvalue weighted by Crippen LogP contribution is 2.26.